The molecule has 20 heavy (non-hydrogen) atoms. The SMILES string of the molecule is CCN1CCCC(CN)(N(C)c2ccc(C)cc2)CC1. The second-order valence-corrected chi connectivity index (χ2v) is 6.11. The average molecular weight is 275 g/mol. The van der Waals surface area contributed by atoms with Crippen LogP contribution in [0, 0.1) is 6.92 Å². The molecular formula is C17H29N3. The van der Waals surface area contributed by atoms with Gasteiger partial charge in [-0.1, -0.05) is 24.6 Å². The zero-order chi connectivity index (χ0) is 14.6. The molecular weight excluding hydrogens is 246 g/mol. The number of hydrogen-bond acceptors (Lipinski definition) is 3. The molecule has 112 valence electrons. The number of nitrogens with zero attached hydrogens (tertiary/aromatic N) is 2. The third-order valence-corrected chi connectivity index (χ3v) is 4.97. The normalized spacial score (nSPS) is 24.4. The molecule has 0 saturated carbocycles. The van der Waals surface area contributed by atoms with E-state index in [4.69, 9.17) is 5.73 Å². The van der Waals surface area contributed by atoms with Crippen LogP contribution in [0.15, 0.2) is 24.3 Å². The van der Waals surface area contributed by atoms with E-state index in [9.17, 15) is 0 Å². The first kappa shape index (κ1) is 15.3. The van der Waals surface area contributed by atoms with Crippen molar-refractivity contribution in [3.8, 4) is 0 Å². The summed E-state index contributed by atoms with van der Waals surface area (Å²) in [6.45, 7) is 8.63. The van der Waals surface area contributed by atoms with Crippen LogP contribution >= 0.6 is 0 Å². The first-order chi connectivity index (χ1) is 9.61. The molecule has 1 fully saturated rings. The van der Waals surface area contributed by atoms with Gasteiger partial charge < -0.3 is 15.5 Å². The Kier molecular flexibility index (Phi) is 5.06. The summed E-state index contributed by atoms with van der Waals surface area (Å²) >= 11 is 0. The fraction of sp³-hybridized carbons (Fsp3) is 0.647. The Morgan fingerprint density at radius 2 is 1.90 bits per heavy atom. The summed E-state index contributed by atoms with van der Waals surface area (Å²) in [5.41, 5.74) is 8.90. The van der Waals surface area contributed by atoms with E-state index in [1.54, 1.807) is 0 Å². The molecule has 2 rings (SSSR count). The van der Waals surface area contributed by atoms with Crippen LogP contribution in [0.25, 0.3) is 0 Å². The van der Waals surface area contributed by atoms with Gasteiger partial charge in [0.15, 0.2) is 0 Å². The monoisotopic (exact) mass is 275 g/mol. The number of anilines is 1. The molecule has 1 saturated heterocycles. The lowest BCUT2D eigenvalue weighted by Crippen LogP contribution is -2.53. The topological polar surface area (TPSA) is 32.5 Å². The number of nitrogens with two attached hydrogens (primary N) is 1. The fourth-order valence-electron chi connectivity index (χ4n) is 3.27. The van der Waals surface area contributed by atoms with Crippen LogP contribution in [0.2, 0.25) is 0 Å². The van der Waals surface area contributed by atoms with Crippen LogP contribution < -0.4 is 10.6 Å². The molecule has 0 radical (unpaired) electrons. The van der Waals surface area contributed by atoms with Crippen LogP contribution in [0.1, 0.15) is 31.7 Å². The predicted octanol–water partition coefficient (Wildman–Crippen LogP) is 2.63. The molecule has 1 heterocycles. The van der Waals surface area contributed by atoms with E-state index >= 15 is 0 Å². The maximum Gasteiger partial charge on any atom is 0.0533 e. The molecule has 1 unspecified atom stereocenters. The molecule has 0 aliphatic carbocycles. The average Bonchev–Trinajstić information content (AvgIpc) is 2.70. The van der Waals surface area contributed by atoms with E-state index in [0.29, 0.717) is 0 Å². The maximum absolute atomic E-state index is 6.20. The second-order valence-electron chi connectivity index (χ2n) is 6.11. The molecule has 0 aromatic heterocycles. The molecule has 1 aliphatic rings. The van der Waals surface area contributed by atoms with Gasteiger partial charge in [-0.15, -0.1) is 0 Å². The van der Waals surface area contributed by atoms with Gasteiger partial charge in [-0.3, -0.25) is 0 Å². The molecule has 1 aromatic carbocycles. The Bertz CT molecular complexity index is 415. The summed E-state index contributed by atoms with van der Waals surface area (Å²) in [5, 5.41) is 0. The van der Waals surface area contributed by atoms with Crippen molar-refractivity contribution in [2.45, 2.75) is 38.6 Å². The van der Waals surface area contributed by atoms with Crippen molar-refractivity contribution in [3.63, 3.8) is 0 Å². The first-order valence-corrected chi connectivity index (χ1v) is 7.84. The van der Waals surface area contributed by atoms with Crippen molar-refractivity contribution >= 4 is 5.69 Å². The van der Waals surface area contributed by atoms with Gasteiger partial charge in [0.05, 0.1) is 5.54 Å². The minimum absolute atomic E-state index is 0.110. The lowest BCUT2D eigenvalue weighted by molar-refractivity contribution is 0.287. The van der Waals surface area contributed by atoms with Gasteiger partial charge in [-0.25, -0.2) is 0 Å². The van der Waals surface area contributed by atoms with Crippen molar-refractivity contribution < 1.29 is 0 Å². The predicted molar refractivity (Wildman–Crippen MR) is 87.3 cm³/mol. The van der Waals surface area contributed by atoms with Crippen molar-refractivity contribution in [2.24, 2.45) is 5.73 Å². The smallest absolute Gasteiger partial charge is 0.0533 e. The van der Waals surface area contributed by atoms with Crippen molar-refractivity contribution in [1.82, 2.24) is 4.90 Å². The third-order valence-electron chi connectivity index (χ3n) is 4.97. The van der Waals surface area contributed by atoms with Gasteiger partial charge in [0.25, 0.3) is 0 Å². The Hall–Kier alpha value is -1.06. The van der Waals surface area contributed by atoms with Crippen LogP contribution in [-0.4, -0.2) is 43.7 Å². The highest BCUT2D eigenvalue weighted by molar-refractivity contribution is 5.49. The molecule has 2 N–H and O–H groups in total. The van der Waals surface area contributed by atoms with Gasteiger partial charge in [0, 0.05) is 25.8 Å². The van der Waals surface area contributed by atoms with Crippen LogP contribution in [0.5, 0.6) is 0 Å². The van der Waals surface area contributed by atoms with E-state index in [0.717, 1.165) is 26.1 Å². The van der Waals surface area contributed by atoms with E-state index in [2.05, 4.69) is 55.0 Å². The van der Waals surface area contributed by atoms with Crippen molar-refractivity contribution in [2.75, 3.05) is 38.1 Å². The van der Waals surface area contributed by atoms with Crippen molar-refractivity contribution in [1.29, 1.82) is 0 Å². The molecule has 1 aromatic rings. The minimum atomic E-state index is 0.110. The van der Waals surface area contributed by atoms with E-state index in [1.807, 2.05) is 0 Å². The van der Waals surface area contributed by atoms with Crippen LogP contribution in [0.3, 0.4) is 0 Å². The summed E-state index contributed by atoms with van der Waals surface area (Å²) in [6.07, 6.45) is 3.58. The Labute approximate surface area is 123 Å². The van der Waals surface area contributed by atoms with Gasteiger partial charge in [-0.2, -0.15) is 0 Å². The Morgan fingerprint density at radius 1 is 1.20 bits per heavy atom. The largest absolute Gasteiger partial charge is 0.368 e. The van der Waals surface area contributed by atoms with Crippen LogP contribution in [-0.2, 0) is 0 Å². The Morgan fingerprint density at radius 3 is 2.50 bits per heavy atom. The molecule has 0 amide bonds. The number of aryl methyl sites for hydroxylation is 1. The number of likely N-dealkylation sites (tertiary alicyclic amines) is 1. The highest BCUT2D eigenvalue weighted by atomic mass is 15.2. The molecule has 1 aliphatic heterocycles. The maximum atomic E-state index is 6.20. The summed E-state index contributed by atoms with van der Waals surface area (Å²) in [4.78, 5) is 4.96. The number of rotatable bonds is 4. The standard InChI is InChI=1S/C17H29N3/c1-4-20-12-5-10-17(14-18,11-13-20)19(3)16-8-6-15(2)7-9-16/h6-9H,4-5,10-14,18H2,1-3H3. The molecule has 0 bridgehead atoms. The van der Waals surface area contributed by atoms with E-state index in [1.165, 1.54) is 30.6 Å². The van der Waals surface area contributed by atoms with Crippen LogP contribution in [0.4, 0.5) is 5.69 Å². The van der Waals surface area contributed by atoms with Gasteiger partial charge in [-0.05, 0) is 51.4 Å². The zero-order valence-electron chi connectivity index (χ0n) is 13.2. The van der Waals surface area contributed by atoms with E-state index < -0.39 is 0 Å². The van der Waals surface area contributed by atoms with Crippen molar-refractivity contribution in [3.05, 3.63) is 29.8 Å². The summed E-state index contributed by atoms with van der Waals surface area (Å²) in [5.74, 6) is 0. The first-order valence-electron chi connectivity index (χ1n) is 7.84. The van der Waals surface area contributed by atoms with Gasteiger partial charge in [0.1, 0.15) is 0 Å². The highest BCUT2D eigenvalue weighted by Crippen LogP contribution is 2.31. The number of hydrogen-bond donors (Lipinski definition) is 1. The lowest BCUT2D eigenvalue weighted by atomic mass is 9.88. The third kappa shape index (κ3) is 3.15. The Balaban J connectivity index is 2.19. The number of likely N-dealkylation sites (N-methyl/N-ethyl adjacent to an activating group) is 1. The summed E-state index contributed by atoms with van der Waals surface area (Å²) in [6, 6.07) is 8.81. The lowest BCUT2D eigenvalue weighted by Gasteiger charge is -2.42. The van der Waals surface area contributed by atoms with Gasteiger partial charge in [0.2, 0.25) is 0 Å². The quantitative estimate of drug-likeness (QED) is 0.917. The summed E-state index contributed by atoms with van der Waals surface area (Å²) in [7, 11) is 2.21. The molecule has 3 heteroatoms. The minimum Gasteiger partial charge on any atom is -0.368 e. The number of benzene rings is 1. The molecule has 3 nitrogen and oxygen atoms in total. The molecule has 1 atom stereocenters. The van der Waals surface area contributed by atoms with E-state index in [-0.39, 0.29) is 5.54 Å². The highest BCUT2D eigenvalue weighted by Gasteiger charge is 2.35. The fourth-order valence-corrected chi connectivity index (χ4v) is 3.27. The molecule has 0 spiro atoms. The zero-order valence-corrected chi connectivity index (χ0v) is 13.2. The van der Waals surface area contributed by atoms with Gasteiger partial charge >= 0.3 is 0 Å². The second kappa shape index (κ2) is 6.59. The summed E-state index contributed by atoms with van der Waals surface area (Å²) < 4.78 is 0.